The summed E-state index contributed by atoms with van der Waals surface area (Å²) in [6.07, 6.45) is 7.19. The van der Waals surface area contributed by atoms with E-state index < -0.39 is 5.41 Å². The summed E-state index contributed by atoms with van der Waals surface area (Å²) in [5, 5.41) is 5.99. The second-order valence-corrected chi connectivity index (χ2v) is 6.49. The molecule has 2 N–H and O–H groups in total. The van der Waals surface area contributed by atoms with Gasteiger partial charge in [-0.25, -0.2) is 0 Å². The summed E-state index contributed by atoms with van der Waals surface area (Å²) in [4.78, 5) is 24.5. The Bertz CT molecular complexity index is 342. The topological polar surface area (TPSA) is 58.2 Å². The standard InChI is InChI=1S/C15H26N2O2/c1-11(2)10-16-13(18)15(8-9-15)14(19)17-12-6-4-3-5-7-12/h11-12H,3-10H2,1-2H3,(H,16,18)(H,17,19). The molecule has 0 heterocycles. The van der Waals surface area contributed by atoms with Crippen LogP contribution in [0.4, 0.5) is 0 Å². The first-order chi connectivity index (χ1) is 9.04. The van der Waals surface area contributed by atoms with Crippen molar-refractivity contribution in [1.82, 2.24) is 10.6 Å². The largest absolute Gasteiger partial charge is 0.355 e. The van der Waals surface area contributed by atoms with Gasteiger partial charge in [-0.1, -0.05) is 33.1 Å². The molecule has 108 valence electrons. The Morgan fingerprint density at radius 2 is 1.74 bits per heavy atom. The van der Waals surface area contributed by atoms with Gasteiger partial charge in [0, 0.05) is 12.6 Å². The Labute approximate surface area is 115 Å². The van der Waals surface area contributed by atoms with E-state index in [0.717, 1.165) is 12.8 Å². The molecule has 0 radical (unpaired) electrons. The summed E-state index contributed by atoms with van der Waals surface area (Å²) in [5.74, 6) is 0.302. The van der Waals surface area contributed by atoms with Gasteiger partial charge in [-0.2, -0.15) is 0 Å². The fraction of sp³-hybridized carbons (Fsp3) is 0.867. The van der Waals surface area contributed by atoms with Crippen LogP contribution in [0.15, 0.2) is 0 Å². The van der Waals surface area contributed by atoms with E-state index in [4.69, 9.17) is 0 Å². The molecule has 4 heteroatoms. The number of carbonyl (C=O) groups is 2. The first-order valence-corrected chi connectivity index (χ1v) is 7.64. The van der Waals surface area contributed by atoms with Crippen molar-refractivity contribution < 1.29 is 9.59 Å². The molecule has 19 heavy (non-hydrogen) atoms. The highest BCUT2D eigenvalue weighted by atomic mass is 16.2. The third-order valence-corrected chi connectivity index (χ3v) is 4.23. The lowest BCUT2D eigenvalue weighted by Crippen LogP contribution is -2.47. The molecule has 0 aromatic heterocycles. The first kappa shape index (κ1) is 14.4. The predicted molar refractivity (Wildman–Crippen MR) is 74.5 cm³/mol. The van der Waals surface area contributed by atoms with Crippen molar-refractivity contribution in [2.75, 3.05) is 6.54 Å². The molecule has 2 fully saturated rings. The summed E-state index contributed by atoms with van der Waals surface area (Å²) < 4.78 is 0. The maximum atomic E-state index is 12.3. The number of carbonyl (C=O) groups excluding carboxylic acids is 2. The van der Waals surface area contributed by atoms with Gasteiger partial charge < -0.3 is 10.6 Å². The number of rotatable bonds is 5. The zero-order valence-corrected chi connectivity index (χ0v) is 12.1. The van der Waals surface area contributed by atoms with Crippen LogP contribution in [-0.4, -0.2) is 24.4 Å². The van der Waals surface area contributed by atoms with Crippen molar-refractivity contribution in [3.05, 3.63) is 0 Å². The van der Waals surface area contributed by atoms with E-state index in [1.807, 2.05) is 0 Å². The maximum Gasteiger partial charge on any atom is 0.235 e. The van der Waals surface area contributed by atoms with Crippen LogP contribution in [0.25, 0.3) is 0 Å². The van der Waals surface area contributed by atoms with Crippen molar-refractivity contribution in [2.45, 2.75) is 64.8 Å². The highest BCUT2D eigenvalue weighted by Gasteiger charge is 2.56. The van der Waals surface area contributed by atoms with Gasteiger partial charge in [0.1, 0.15) is 5.41 Å². The minimum Gasteiger partial charge on any atom is -0.355 e. The second-order valence-electron chi connectivity index (χ2n) is 6.49. The lowest BCUT2D eigenvalue weighted by Gasteiger charge is -2.25. The Balaban J connectivity index is 1.84. The summed E-state index contributed by atoms with van der Waals surface area (Å²) in [5.41, 5.74) is -0.744. The van der Waals surface area contributed by atoms with Crippen molar-refractivity contribution >= 4 is 11.8 Å². The summed E-state index contributed by atoms with van der Waals surface area (Å²) in [6.45, 7) is 4.77. The van der Waals surface area contributed by atoms with E-state index >= 15 is 0 Å². The first-order valence-electron chi connectivity index (χ1n) is 7.64. The summed E-state index contributed by atoms with van der Waals surface area (Å²) in [7, 11) is 0. The van der Waals surface area contributed by atoms with Crippen LogP contribution >= 0.6 is 0 Å². The number of hydrogen-bond donors (Lipinski definition) is 2. The minimum atomic E-state index is -0.744. The van der Waals surface area contributed by atoms with Crippen molar-refractivity contribution in [3.63, 3.8) is 0 Å². The van der Waals surface area contributed by atoms with Crippen molar-refractivity contribution in [1.29, 1.82) is 0 Å². The molecular formula is C15H26N2O2. The average molecular weight is 266 g/mol. The van der Waals surface area contributed by atoms with Gasteiger partial charge in [-0.15, -0.1) is 0 Å². The smallest absolute Gasteiger partial charge is 0.235 e. The molecule has 2 amide bonds. The molecular weight excluding hydrogens is 240 g/mol. The summed E-state index contributed by atoms with van der Waals surface area (Å²) in [6, 6.07) is 0.289. The fourth-order valence-electron chi connectivity index (χ4n) is 2.72. The molecule has 0 bridgehead atoms. The SMILES string of the molecule is CC(C)CNC(=O)C1(C(=O)NC2CCCCC2)CC1. The van der Waals surface area contributed by atoms with Crippen LogP contribution in [0.2, 0.25) is 0 Å². The highest BCUT2D eigenvalue weighted by molar-refractivity contribution is 6.07. The minimum absolute atomic E-state index is 0.0411. The van der Waals surface area contributed by atoms with Gasteiger partial charge in [0.25, 0.3) is 0 Å². The molecule has 2 aliphatic rings. The molecule has 2 rings (SSSR count). The van der Waals surface area contributed by atoms with Gasteiger partial charge in [-0.3, -0.25) is 9.59 Å². The van der Waals surface area contributed by atoms with E-state index in [9.17, 15) is 9.59 Å². The molecule has 2 saturated carbocycles. The molecule has 2 aliphatic carbocycles. The average Bonchev–Trinajstić information content (AvgIpc) is 3.18. The van der Waals surface area contributed by atoms with E-state index in [0.29, 0.717) is 25.3 Å². The third-order valence-electron chi connectivity index (χ3n) is 4.23. The quantitative estimate of drug-likeness (QED) is 0.748. The number of amides is 2. The zero-order valence-electron chi connectivity index (χ0n) is 12.1. The van der Waals surface area contributed by atoms with E-state index in [-0.39, 0.29) is 17.9 Å². The molecule has 0 aromatic rings. The highest BCUT2D eigenvalue weighted by Crippen LogP contribution is 2.46. The molecule has 0 aromatic carbocycles. The number of nitrogens with one attached hydrogen (secondary N) is 2. The van der Waals surface area contributed by atoms with E-state index in [2.05, 4.69) is 24.5 Å². The van der Waals surface area contributed by atoms with Crippen molar-refractivity contribution in [2.24, 2.45) is 11.3 Å². The van der Waals surface area contributed by atoms with Crippen LogP contribution in [0.5, 0.6) is 0 Å². The van der Waals surface area contributed by atoms with Crippen LogP contribution in [-0.2, 0) is 9.59 Å². The monoisotopic (exact) mass is 266 g/mol. The predicted octanol–water partition coefficient (Wildman–Crippen LogP) is 1.99. The molecule has 4 nitrogen and oxygen atoms in total. The number of hydrogen-bond acceptors (Lipinski definition) is 2. The zero-order chi connectivity index (χ0) is 13.9. The van der Waals surface area contributed by atoms with Gasteiger partial charge in [0.2, 0.25) is 11.8 Å². The van der Waals surface area contributed by atoms with E-state index in [1.54, 1.807) is 0 Å². The molecule has 0 unspecified atom stereocenters. The summed E-state index contributed by atoms with van der Waals surface area (Å²) >= 11 is 0. The van der Waals surface area contributed by atoms with E-state index in [1.165, 1.54) is 19.3 Å². The molecule has 0 saturated heterocycles. The molecule has 0 atom stereocenters. The van der Waals surface area contributed by atoms with Crippen LogP contribution in [0.3, 0.4) is 0 Å². The third kappa shape index (κ3) is 3.48. The van der Waals surface area contributed by atoms with Crippen LogP contribution in [0.1, 0.15) is 58.8 Å². The lowest BCUT2D eigenvalue weighted by molar-refractivity contribution is -0.137. The maximum absolute atomic E-state index is 12.3. The van der Waals surface area contributed by atoms with Gasteiger partial charge in [-0.05, 0) is 31.6 Å². The normalized spacial score (nSPS) is 22.1. The Morgan fingerprint density at radius 3 is 2.26 bits per heavy atom. The van der Waals surface area contributed by atoms with Crippen LogP contribution < -0.4 is 10.6 Å². The fourth-order valence-corrected chi connectivity index (χ4v) is 2.72. The molecule has 0 spiro atoms. The van der Waals surface area contributed by atoms with Gasteiger partial charge in [0.15, 0.2) is 0 Å². The van der Waals surface area contributed by atoms with Gasteiger partial charge >= 0.3 is 0 Å². The van der Waals surface area contributed by atoms with Crippen LogP contribution in [0, 0.1) is 11.3 Å². The Kier molecular flexibility index (Phi) is 4.48. The Hall–Kier alpha value is -1.06. The van der Waals surface area contributed by atoms with Gasteiger partial charge in [0.05, 0.1) is 0 Å². The molecule has 0 aliphatic heterocycles. The second kappa shape index (κ2) is 5.93. The lowest BCUT2D eigenvalue weighted by atomic mass is 9.94. The Morgan fingerprint density at radius 1 is 1.11 bits per heavy atom. The van der Waals surface area contributed by atoms with Crippen molar-refractivity contribution in [3.8, 4) is 0 Å².